The number of hydrogen-bond donors (Lipinski definition) is 0. The molecule has 0 atom stereocenters. The summed E-state index contributed by atoms with van der Waals surface area (Å²) in [6.07, 6.45) is 14.6. The second-order valence-corrected chi connectivity index (χ2v) is 10.9. The first-order chi connectivity index (χ1) is 7.06. The summed E-state index contributed by atoms with van der Waals surface area (Å²) in [6.45, 7) is 9.66. The van der Waals surface area contributed by atoms with E-state index in [0.29, 0.717) is 0 Å². The lowest BCUT2D eigenvalue weighted by atomic mass is 10.1. The van der Waals surface area contributed by atoms with E-state index >= 15 is 0 Å². The van der Waals surface area contributed by atoms with Crippen molar-refractivity contribution in [3.63, 3.8) is 0 Å². The second kappa shape index (κ2) is 12.6. The van der Waals surface area contributed by atoms with Crippen LogP contribution in [0, 0.1) is 0 Å². The first-order valence-electron chi connectivity index (χ1n) is 6.86. The van der Waals surface area contributed by atoms with Crippen molar-refractivity contribution in [3.8, 4) is 0 Å². The first-order valence-corrected chi connectivity index (χ1v) is 10.2. The van der Waals surface area contributed by atoms with Gasteiger partial charge in [-0.3, -0.25) is 0 Å². The zero-order valence-corrected chi connectivity index (χ0v) is 14.9. The molecule has 0 amide bonds. The van der Waals surface area contributed by atoms with Gasteiger partial charge < -0.3 is 24.0 Å². The molecule has 0 aliphatic heterocycles. The van der Waals surface area contributed by atoms with Crippen LogP contribution < -0.4 is 24.0 Å². The van der Waals surface area contributed by atoms with Crippen LogP contribution in [0.4, 0.5) is 0 Å². The third-order valence-electron chi connectivity index (χ3n) is 2.93. The van der Waals surface area contributed by atoms with Gasteiger partial charge in [0.1, 0.15) is 0 Å². The van der Waals surface area contributed by atoms with E-state index in [4.69, 9.17) is 0 Å². The van der Waals surface area contributed by atoms with Crippen LogP contribution >= 0.6 is 7.26 Å². The van der Waals surface area contributed by atoms with Crippen LogP contribution in [0.5, 0.6) is 0 Å². The van der Waals surface area contributed by atoms with Crippen molar-refractivity contribution in [2.24, 2.45) is 0 Å². The fourth-order valence-corrected chi connectivity index (χ4v) is 3.07. The van der Waals surface area contributed by atoms with E-state index < -0.39 is 7.26 Å². The maximum absolute atomic E-state index is 2.46. The summed E-state index contributed by atoms with van der Waals surface area (Å²) in [6, 6.07) is 0. The van der Waals surface area contributed by atoms with Gasteiger partial charge in [-0.1, -0.05) is 51.9 Å². The quantitative estimate of drug-likeness (QED) is 0.320. The Kier molecular flexibility index (Phi) is 15.4. The Morgan fingerprint density at radius 3 is 1.38 bits per heavy atom. The molecule has 0 fully saturated rings. The Morgan fingerprint density at radius 2 is 1.00 bits per heavy atom. The molecule has 0 bridgehead atoms. The topological polar surface area (TPSA) is 0 Å². The second-order valence-electron chi connectivity index (χ2n) is 5.84. The van der Waals surface area contributed by atoms with Gasteiger partial charge in [-0.05, 0) is 12.8 Å². The third kappa shape index (κ3) is 17.6. The van der Waals surface area contributed by atoms with Gasteiger partial charge in [0.05, 0.1) is 6.16 Å². The van der Waals surface area contributed by atoms with Gasteiger partial charge in [-0.2, -0.15) is 0 Å². The Balaban J connectivity index is 0. The average molecular weight is 358 g/mol. The van der Waals surface area contributed by atoms with Crippen molar-refractivity contribution in [3.05, 3.63) is 0 Å². The van der Waals surface area contributed by atoms with Crippen LogP contribution in [0.15, 0.2) is 0 Å². The van der Waals surface area contributed by atoms with E-state index in [1.807, 2.05) is 0 Å². The highest BCUT2D eigenvalue weighted by molar-refractivity contribution is 7.73. The summed E-state index contributed by atoms with van der Waals surface area (Å²) in [5, 5.41) is 0. The summed E-state index contributed by atoms with van der Waals surface area (Å²) in [7, 11) is -0.486. The van der Waals surface area contributed by atoms with Crippen LogP contribution in [-0.4, -0.2) is 26.2 Å². The fourth-order valence-electron chi connectivity index (χ4n) is 1.90. The molecule has 16 heavy (non-hydrogen) atoms. The summed E-state index contributed by atoms with van der Waals surface area (Å²) < 4.78 is 0. The molecule has 0 rings (SSSR count). The normalized spacial score (nSPS) is 11.2. The molecule has 0 saturated carbocycles. The van der Waals surface area contributed by atoms with Crippen molar-refractivity contribution in [2.45, 2.75) is 64.7 Å². The summed E-state index contributed by atoms with van der Waals surface area (Å²) in [5.41, 5.74) is 0. The molecule has 0 radical (unpaired) electrons. The maximum Gasteiger partial charge on any atom is 0.0586 e. The molecule has 2 heteroatoms. The molecule has 0 aliphatic rings. The van der Waals surface area contributed by atoms with E-state index in [0.717, 1.165) is 0 Å². The van der Waals surface area contributed by atoms with Crippen molar-refractivity contribution in [2.75, 3.05) is 26.2 Å². The van der Waals surface area contributed by atoms with Crippen molar-refractivity contribution >= 4 is 7.26 Å². The summed E-state index contributed by atoms with van der Waals surface area (Å²) in [4.78, 5) is 0. The zero-order valence-electron chi connectivity index (χ0n) is 11.9. The maximum atomic E-state index is 2.46. The number of rotatable bonds is 10. The van der Waals surface area contributed by atoms with Crippen molar-refractivity contribution in [1.29, 1.82) is 0 Å². The van der Waals surface area contributed by atoms with Crippen LogP contribution in [0.3, 0.4) is 0 Å². The Bertz CT molecular complexity index is 129. The molecular weight excluding hydrogens is 326 g/mol. The molecule has 0 aliphatic carbocycles. The monoisotopic (exact) mass is 358 g/mol. The van der Waals surface area contributed by atoms with Crippen LogP contribution in [0.2, 0.25) is 0 Å². The fraction of sp³-hybridized carbons (Fsp3) is 1.00. The molecule has 0 N–H and O–H groups in total. The molecule has 0 unspecified atom stereocenters. The molecule has 0 heterocycles. The van der Waals surface area contributed by atoms with Gasteiger partial charge >= 0.3 is 0 Å². The number of halogens is 1. The lowest BCUT2D eigenvalue weighted by Crippen LogP contribution is -3.00. The zero-order chi connectivity index (χ0) is 11.6. The molecule has 0 nitrogen and oxygen atoms in total. The van der Waals surface area contributed by atoms with Gasteiger partial charge in [0.25, 0.3) is 0 Å². The standard InChI is InChI=1S/C14H32P.HI/c1-5-6-7-8-9-10-11-12-13-14-15(2,3)4;/h5-14H2,1-4H3;1H/q+1;/p-1. The van der Waals surface area contributed by atoms with Crippen LogP contribution in [-0.2, 0) is 0 Å². The first kappa shape index (κ1) is 19.5. The predicted molar refractivity (Wildman–Crippen MR) is 76.8 cm³/mol. The molecule has 0 aromatic carbocycles. The minimum absolute atomic E-state index is 0. The van der Waals surface area contributed by atoms with Crippen LogP contribution in [0.25, 0.3) is 0 Å². The van der Waals surface area contributed by atoms with Gasteiger partial charge in [-0.15, -0.1) is 0 Å². The minimum atomic E-state index is -0.486. The van der Waals surface area contributed by atoms with Crippen molar-refractivity contribution < 1.29 is 24.0 Å². The molecule has 0 aromatic rings. The smallest absolute Gasteiger partial charge is 0.0586 e. The average Bonchev–Trinajstić information content (AvgIpc) is 2.14. The Hall–Kier alpha value is 1.16. The predicted octanol–water partition coefficient (Wildman–Crippen LogP) is 2.43. The van der Waals surface area contributed by atoms with E-state index in [2.05, 4.69) is 26.9 Å². The SMILES string of the molecule is CCCCCCCCCCC[P+](C)(C)C.[I-]. The highest BCUT2D eigenvalue weighted by atomic mass is 127. The van der Waals surface area contributed by atoms with E-state index in [1.165, 1.54) is 63.9 Å². The molecule has 100 valence electrons. The molecule has 0 aromatic heterocycles. The highest BCUT2D eigenvalue weighted by Gasteiger charge is 2.15. The molecular formula is C14H32IP. The molecule has 0 spiro atoms. The summed E-state index contributed by atoms with van der Waals surface area (Å²) in [5.74, 6) is 0. The van der Waals surface area contributed by atoms with Gasteiger partial charge in [0.15, 0.2) is 0 Å². The largest absolute Gasteiger partial charge is 1.00 e. The van der Waals surface area contributed by atoms with Crippen molar-refractivity contribution in [1.82, 2.24) is 0 Å². The van der Waals surface area contributed by atoms with Gasteiger partial charge in [0, 0.05) is 27.3 Å². The lowest BCUT2D eigenvalue weighted by Gasteiger charge is -2.10. The molecule has 0 saturated heterocycles. The number of hydrogen-bond acceptors (Lipinski definition) is 0. The Morgan fingerprint density at radius 1 is 0.625 bits per heavy atom. The lowest BCUT2D eigenvalue weighted by molar-refractivity contribution is -0.00000367. The van der Waals surface area contributed by atoms with Gasteiger partial charge in [0.2, 0.25) is 0 Å². The minimum Gasteiger partial charge on any atom is -1.00 e. The van der Waals surface area contributed by atoms with E-state index in [-0.39, 0.29) is 24.0 Å². The number of unbranched alkanes of at least 4 members (excludes halogenated alkanes) is 8. The third-order valence-corrected chi connectivity index (χ3v) is 4.59. The highest BCUT2D eigenvalue weighted by Crippen LogP contribution is 2.47. The van der Waals surface area contributed by atoms with E-state index in [9.17, 15) is 0 Å². The Labute approximate surface area is 122 Å². The van der Waals surface area contributed by atoms with Gasteiger partial charge in [-0.25, -0.2) is 0 Å². The van der Waals surface area contributed by atoms with E-state index in [1.54, 1.807) is 0 Å². The van der Waals surface area contributed by atoms with Crippen LogP contribution in [0.1, 0.15) is 64.7 Å². The summed E-state index contributed by atoms with van der Waals surface area (Å²) >= 11 is 0.